The highest BCUT2D eigenvalue weighted by Gasteiger charge is 2.16. The molecule has 2 heterocycles. The lowest BCUT2D eigenvalue weighted by atomic mass is 10.2. The fourth-order valence-electron chi connectivity index (χ4n) is 2.27. The van der Waals surface area contributed by atoms with Gasteiger partial charge in [0.05, 0.1) is 24.6 Å². The van der Waals surface area contributed by atoms with Gasteiger partial charge in [-0.05, 0) is 12.8 Å². The van der Waals surface area contributed by atoms with E-state index in [-0.39, 0.29) is 5.91 Å². The molecule has 0 radical (unpaired) electrons. The Balaban J connectivity index is 1.81. The van der Waals surface area contributed by atoms with E-state index in [0.29, 0.717) is 45.2 Å². The Bertz CT molecular complexity index is 474. The number of amides is 1. The summed E-state index contributed by atoms with van der Waals surface area (Å²) in [5.41, 5.74) is 1.90. The molecule has 1 N–H and O–H groups in total. The van der Waals surface area contributed by atoms with Crippen LogP contribution in [0.3, 0.4) is 0 Å². The van der Waals surface area contributed by atoms with Crippen LogP contribution in [0.15, 0.2) is 0 Å². The molecular formula is C14H23N5O2. The predicted octanol–water partition coefficient (Wildman–Crippen LogP) is 0.657. The standard InChI is InChI=1S/C14H23N5O2/c1-3-11-12(4-2)17-18-14(16-11)15-6-5-13(20)19-7-9-21-10-8-19/h3-10H2,1-2H3,(H,15,16,18). The van der Waals surface area contributed by atoms with Crippen LogP contribution < -0.4 is 5.32 Å². The zero-order chi connectivity index (χ0) is 15.1. The molecule has 1 aliphatic rings. The van der Waals surface area contributed by atoms with Crippen LogP contribution in [-0.4, -0.2) is 58.8 Å². The lowest BCUT2D eigenvalue weighted by molar-refractivity contribution is -0.134. The maximum atomic E-state index is 12.0. The number of anilines is 1. The molecule has 116 valence electrons. The molecule has 1 aliphatic heterocycles. The average Bonchev–Trinajstić information content (AvgIpc) is 2.55. The van der Waals surface area contributed by atoms with E-state index in [2.05, 4.69) is 27.4 Å². The van der Waals surface area contributed by atoms with Gasteiger partial charge in [0, 0.05) is 26.1 Å². The summed E-state index contributed by atoms with van der Waals surface area (Å²) in [6, 6.07) is 0. The highest BCUT2D eigenvalue weighted by atomic mass is 16.5. The minimum atomic E-state index is 0.139. The minimum absolute atomic E-state index is 0.139. The van der Waals surface area contributed by atoms with Gasteiger partial charge in [0.2, 0.25) is 11.9 Å². The quantitative estimate of drug-likeness (QED) is 0.830. The molecule has 0 aliphatic carbocycles. The third-order valence-corrected chi connectivity index (χ3v) is 3.49. The van der Waals surface area contributed by atoms with Crippen LogP contribution in [0.2, 0.25) is 0 Å². The topological polar surface area (TPSA) is 80.2 Å². The van der Waals surface area contributed by atoms with Gasteiger partial charge in [-0.1, -0.05) is 13.8 Å². The lowest BCUT2D eigenvalue weighted by Crippen LogP contribution is -2.41. The summed E-state index contributed by atoms with van der Waals surface area (Å²) in [7, 11) is 0. The molecule has 0 aromatic carbocycles. The highest BCUT2D eigenvalue weighted by molar-refractivity contribution is 5.76. The zero-order valence-corrected chi connectivity index (χ0v) is 12.8. The Morgan fingerprint density at radius 3 is 2.57 bits per heavy atom. The van der Waals surface area contributed by atoms with Crippen molar-refractivity contribution in [3.05, 3.63) is 11.4 Å². The normalized spacial score (nSPS) is 15.0. The van der Waals surface area contributed by atoms with Gasteiger partial charge in [-0.3, -0.25) is 4.79 Å². The first-order valence-electron chi connectivity index (χ1n) is 7.56. The molecule has 2 rings (SSSR count). The second-order valence-electron chi connectivity index (χ2n) is 4.91. The van der Waals surface area contributed by atoms with Crippen molar-refractivity contribution >= 4 is 11.9 Å². The molecule has 0 saturated carbocycles. The number of nitrogens with one attached hydrogen (secondary N) is 1. The number of aryl methyl sites for hydroxylation is 2. The van der Waals surface area contributed by atoms with Crippen molar-refractivity contribution in [3.8, 4) is 0 Å². The van der Waals surface area contributed by atoms with E-state index in [1.165, 1.54) is 0 Å². The number of hydrogen-bond acceptors (Lipinski definition) is 6. The van der Waals surface area contributed by atoms with E-state index in [9.17, 15) is 4.79 Å². The van der Waals surface area contributed by atoms with Gasteiger partial charge < -0.3 is 15.0 Å². The first-order chi connectivity index (χ1) is 10.2. The number of aromatic nitrogens is 3. The molecule has 1 aromatic rings. The van der Waals surface area contributed by atoms with Crippen molar-refractivity contribution in [2.45, 2.75) is 33.1 Å². The summed E-state index contributed by atoms with van der Waals surface area (Å²) in [4.78, 5) is 18.3. The third-order valence-electron chi connectivity index (χ3n) is 3.49. The molecule has 21 heavy (non-hydrogen) atoms. The number of hydrogen-bond donors (Lipinski definition) is 1. The second-order valence-corrected chi connectivity index (χ2v) is 4.91. The Morgan fingerprint density at radius 2 is 1.90 bits per heavy atom. The fraction of sp³-hybridized carbons (Fsp3) is 0.714. The maximum Gasteiger partial charge on any atom is 0.242 e. The van der Waals surface area contributed by atoms with Crippen molar-refractivity contribution < 1.29 is 9.53 Å². The van der Waals surface area contributed by atoms with Gasteiger partial charge in [-0.25, -0.2) is 4.98 Å². The van der Waals surface area contributed by atoms with Crippen molar-refractivity contribution in [2.24, 2.45) is 0 Å². The molecule has 1 saturated heterocycles. The van der Waals surface area contributed by atoms with E-state index >= 15 is 0 Å². The van der Waals surface area contributed by atoms with Gasteiger partial charge >= 0.3 is 0 Å². The van der Waals surface area contributed by atoms with Gasteiger partial charge in [0.25, 0.3) is 0 Å². The molecule has 0 spiro atoms. The summed E-state index contributed by atoms with van der Waals surface area (Å²) in [5.74, 6) is 0.637. The van der Waals surface area contributed by atoms with Crippen LogP contribution in [0.25, 0.3) is 0 Å². The van der Waals surface area contributed by atoms with Gasteiger partial charge in [-0.15, -0.1) is 5.10 Å². The van der Waals surface area contributed by atoms with E-state index in [0.717, 1.165) is 24.2 Å². The van der Waals surface area contributed by atoms with Crippen LogP contribution in [0, 0.1) is 0 Å². The molecule has 0 unspecified atom stereocenters. The molecule has 7 heteroatoms. The van der Waals surface area contributed by atoms with Crippen molar-refractivity contribution in [1.29, 1.82) is 0 Å². The monoisotopic (exact) mass is 293 g/mol. The van der Waals surface area contributed by atoms with E-state index in [4.69, 9.17) is 4.74 Å². The van der Waals surface area contributed by atoms with Crippen LogP contribution >= 0.6 is 0 Å². The smallest absolute Gasteiger partial charge is 0.242 e. The molecule has 7 nitrogen and oxygen atoms in total. The molecule has 1 amide bonds. The number of rotatable bonds is 6. The summed E-state index contributed by atoms with van der Waals surface area (Å²) < 4.78 is 5.23. The first kappa shape index (κ1) is 15.6. The Morgan fingerprint density at radius 1 is 1.19 bits per heavy atom. The summed E-state index contributed by atoms with van der Waals surface area (Å²) in [6.45, 7) is 7.24. The molecule has 1 aromatic heterocycles. The number of morpholine rings is 1. The van der Waals surface area contributed by atoms with E-state index < -0.39 is 0 Å². The summed E-state index contributed by atoms with van der Waals surface area (Å²) in [6.07, 6.45) is 2.10. The number of ether oxygens (including phenoxy) is 1. The highest BCUT2D eigenvalue weighted by Crippen LogP contribution is 2.07. The molecule has 0 bridgehead atoms. The zero-order valence-electron chi connectivity index (χ0n) is 12.8. The minimum Gasteiger partial charge on any atom is -0.378 e. The third kappa shape index (κ3) is 4.35. The van der Waals surface area contributed by atoms with Gasteiger partial charge in [0.15, 0.2) is 0 Å². The molecular weight excluding hydrogens is 270 g/mol. The SMILES string of the molecule is CCc1nnc(NCCC(=O)N2CCOCC2)nc1CC. The number of nitrogens with zero attached hydrogens (tertiary/aromatic N) is 4. The van der Waals surface area contributed by atoms with Crippen LogP contribution in [0.5, 0.6) is 0 Å². The van der Waals surface area contributed by atoms with Crippen molar-refractivity contribution in [2.75, 3.05) is 38.2 Å². The average molecular weight is 293 g/mol. The fourth-order valence-corrected chi connectivity index (χ4v) is 2.27. The first-order valence-corrected chi connectivity index (χ1v) is 7.56. The Hall–Kier alpha value is -1.76. The summed E-state index contributed by atoms with van der Waals surface area (Å²) >= 11 is 0. The van der Waals surface area contributed by atoms with E-state index in [1.54, 1.807) is 0 Å². The van der Waals surface area contributed by atoms with Crippen molar-refractivity contribution in [1.82, 2.24) is 20.1 Å². The Kier molecular flexibility index (Phi) is 5.86. The van der Waals surface area contributed by atoms with Gasteiger partial charge in [-0.2, -0.15) is 5.10 Å². The van der Waals surface area contributed by atoms with Crippen LogP contribution in [0.1, 0.15) is 31.7 Å². The Labute approximate surface area is 125 Å². The lowest BCUT2D eigenvalue weighted by Gasteiger charge is -2.26. The summed E-state index contributed by atoms with van der Waals surface area (Å²) in [5, 5.41) is 11.3. The number of carbonyl (C=O) groups is 1. The number of carbonyl (C=O) groups excluding carboxylic acids is 1. The largest absolute Gasteiger partial charge is 0.378 e. The molecule has 0 atom stereocenters. The molecule has 1 fully saturated rings. The van der Waals surface area contributed by atoms with Crippen molar-refractivity contribution in [3.63, 3.8) is 0 Å². The second kappa shape index (κ2) is 7.87. The maximum absolute atomic E-state index is 12.0. The van der Waals surface area contributed by atoms with Crippen LogP contribution in [-0.2, 0) is 22.4 Å². The van der Waals surface area contributed by atoms with Gasteiger partial charge in [0.1, 0.15) is 0 Å². The van der Waals surface area contributed by atoms with Crippen LogP contribution in [0.4, 0.5) is 5.95 Å². The predicted molar refractivity (Wildman–Crippen MR) is 79.1 cm³/mol. The van der Waals surface area contributed by atoms with E-state index in [1.807, 2.05) is 11.8 Å².